The molecule has 0 unspecified atom stereocenters. The Morgan fingerprint density at radius 1 is 1.30 bits per heavy atom. The van der Waals surface area contributed by atoms with Crippen molar-refractivity contribution in [2.45, 2.75) is 55.3 Å². The average molecular weight is 547 g/mol. The van der Waals surface area contributed by atoms with Crippen molar-refractivity contribution in [3.63, 3.8) is 0 Å². The van der Waals surface area contributed by atoms with Crippen molar-refractivity contribution >= 4 is 22.7 Å². The van der Waals surface area contributed by atoms with E-state index < -0.39 is 28.8 Å². The lowest BCUT2D eigenvalue weighted by Gasteiger charge is -2.62. The lowest BCUT2D eigenvalue weighted by Crippen LogP contribution is -2.76. The number of nitrogens with one attached hydrogen (secondary N) is 1. The molecule has 2 fully saturated rings. The molecule has 1 amide bonds. The fourth-order valence-electron chi connectivity index (χ4n) is 7.93. The highest BCUT2D eigenvalue weighted by Gasteiger charge is 2.74. The first-order valence-corrected chi connectivity index (χ1v) is 13.7. The van der Waals surface area contributed by atoms with E-state index in [4.69, 9.17) is 19.9 Å². The van der Waals surface area contributed by atoms with E-state index >= 15 is 0 Å². The third kappa shape index (κ3) is 2.94. The van der Waals surface area contributed by atoms with Crippen LogP contribution in [0, 0.1) is 5.92 Å². The Kier molecular flexibility index (Phi) is 4.75. The summed E-state index contributed by atoms with van der Waals surface area (Å²) in [6.45, 7) is 1.67. The van der Waals surface area contributed by atoms with Gasteiger partial charge < -0.3 is 29.1 Å². The van der Waals surface area contributed by atoms with Gasteiger partial charge in [0.2, 0.25) is 0 Å². The molecule has 5 N–H and O–H groups in total. The predicted molar refractivity (Wildman–Crippen MR) is 143 cm³/mol. The number of benzene rings is 2. The summed E-state index contributed by atoms with van der Waals surface area (Å²) in [5, 5.41) is 23.7. The Morgan fingerprint density at radius 2 is 2.12 bits per heavy atom. The molecule has 3 heterocycles. The number of likely N-dealkylation sites (N-methyl/N-ethyl adjacent to an activating group) is 1. The van der Waals surface area contributed by atoms with Crippen molar-refractivity contribution in [2.75, 3.05) is 25.0 Å². The molecule has 1 aromatic heterocycles. The van der Waals surface area contributed by atoms with Crippen LogP contribution in [-0.2, 0) is 21.5 Å². The van der Waals surface area contributed by atoms with Crippen molar-refractivity contribution in [3.8, 4) is 11.5 Å². The maximum Gasteiger partial charge on any atom is 0.417 e. The lowest BCUT2D eigenvalue weighted by molar-refractivity contribution is -0.174. The third-order valence-corrected chi connectivity index (χ3v) is 9.98. The lowest BCUT2D eigenvalue weighted by atomic mass is 9.49. The molecule has 1 spiro atoms. The largest absolute Gasteiger partial charge is 0.504 e. The van der Waals surface area contributed by atoms with E-state index in [9.17, 15) is 19.8 Å². The Morgan fingerprint density at radius 3 is 2.90 bits per heavy atom. The summed E-state index contributed by atoms with van der Waals surface area (Å²) in [5.74, 6) is 5.99. The van der Waals surface area contributed by atoms with Gasteiger partial charge in [-0.15, -0.1) is 0 Å². The number of hydrogen-bond acceptors (Lipinski definition) is 9. The Bertz CT molecular complexity index is 1690. The number of amides is 1. The summed E-state index contributed by atoms with van der Waals surface area (Å²) in [5.41, 5.74) is 1.13. The number of nitrogens with two attached hydrogens (primary N) is 1. The number of oxazole rings is 1. The molecule has 2 aliphatic heterocycles. The zero-order valence-electron chi connectivity index (χ0n) is 22.0. The standard InChI is InChI=1S/C29H30N4O7/c1-32(16-5-6-18-20(11-16)38-27(36)31-18)26(35)17-12-29(37)21-10-15-4-7-19(34)24-22(15)28(29,25(39-24)23(17)40-30)8-9-33(21)13-14-2-3-14/h4-7,11,14,21,25,34,37H,2-3,8-10,12-13,30H2,1H3,(H,31,36)/t21-,25+,28+,29-/m1/s1. The van der Waals surface area contributed by atoms with Crippen LogP contribution in [0.4, 0.5) is 5.69 Å². The number of aromatic amines is 1. The van der Waals surface area contributed by atoms with Gasteiger partial charge in [0.05, 0.1) is 22.1 Å². The number of H-pyrrole nitrogens is 1. The third-order valence-electron chi connectivity index (χ3n) is 9.98. The molecule has 11 nitrogen and oxygen atoms in total. The topological polar surface area (TPSA) is 154 Å². The van der Waals surface area contributed by atoms with Gasteiger partial charge in [0, 0.05) is 43.4 Å². The Balaban J connectivity index is 1.27. The molecule has 1 saturated heterocycles. The van der Waals surface area contributed by atoms with Crippen LogP contribution >= 0.6 is 0 Å². The number of aromatic nitrogens is 1. The number of carbonyl (C=O) groups excluding carboxylic acids is 1. The monoisotopic (exact) mass is 546 g/mol. The van der Waals surface area contributed by atoms with Gasteiger partial charge >= 0.3 is 5.76 Å². The molecular formula is C29H30N4O7. The summed E-state index contributed by atoms with van der Waals surface area (Å²) in [6, 6.07) is 8.29. The van der Waals surface area contributed by atoms with Crippen molar-refractivity contribution in [3.05, 3.63) is 63.3 Å². The normalized spacial score (nSPS) is 30.3. The summed E-state index contributed by atoms with van der Waals surface area (Å²) >= 11 is 0. The SMILES string of the molecule is CN(C(=O)C1=C(ON)[C@@H]2Oc3c(O)ccc4c3[C@@]23CCN(CC2CC2)[C@H](C4)[C@]3(O)C1)c1ccc2[nH]c(=O)oc2c1. The molecule has 3 aromatic rings. The van der Waals surface area contributed by atoms with Gasteiger partial charge in [-0.1, -0.05) is 6.07 Å². The van der Waals surface area contributed by atoms with Crippen molar-refractivity contribution in [1.82, 2.24) is 9.88 Å². The minimum absolute atomic E-state index is 0.00796. The van der Waals surface area contributed by atoms with Crippen LogP contribution in [-0.4, -0.2) is 63.9 Å². The highest BCUT2D eigenvalue weighted by atomic mass is 16.6. The molecule has 4 atom stereocenters. The molecule has 3 aliphatic carbocycles. The molecule has 2 bridgehead atoms. The van der Waals surface area contributed by atoms with E-state index in [1.165, 1.54) is 17.7 Å². The molecule has 11 heteroatoms. The first kappa shape index (κ1) is 24.0. The second-order valence-corrected chi connectivity index (χ2v) is 11.9. The fraction of sp³-hybridized carbons (Fsp3) is 0.448. The fourth-order valence-corrected chi connectivity index (χ4v) is 7.93. The van der Waals surface area contributed by atoms with Gasteiger partial charge in [-0.3, -0.25) is 14.7 Å². The number of piperidine rings is 1. The number of rotatable bonds is 5. The van der Waals surface area contributed by atoms with Crippen LogP contribution < -0.4 is 21.3 Å². The molecule has 208 valence electrons. The number of phenolic OH excluding ortho intramolecular Hbond substituents is 1. The first-order valence-electron chi connectivity index (χ1n) is 13.7. The van der Waals surface area contributed by atoms with E-state index in [0.29, 0.717) is 41.3 Å². The minimum Gasteiger partial charge on any atom is -0.504 e. The molecule has 2 aromatic carbocycles. The molecule has 5 aliphatic rings. The van der Waals surface area contributed by atoms with Crippen molar-refractivity contribution < 1.29 is 29.0 Å². The predicted octanol–water partition coefficient (Wildman–Crippen LogP) is 1.81. The van der Waals surface area contributed by atoms with Crippen molar-refractivity contribution in [2.24, 2.45) is 11.8 Å². The second kappa shape index (κ2) is 7.90. The number of carbonyl (C=O) groups is 1. The van der Waals surface area contributed by atoms with E-state index in [1.807, 2.05) is 6.07 Å². The average Bonchev–Trinajstić information content (AvgIpc) is 3.56. The zero-order valence-corrected chi connectivity index (χ0v) is 22.0. The number of phenols is 1. The second-order valence-electron chi connectivity index (χ2n) is 11.9. The molecule has 1 saturated carbocycles. The minimum atomic E-state index is -1.36. The Hall–Kier alpha value is -3.80. The van der Waals surface area contributed by atoms with Gasteiger partial charge in [0.25, 0.3) is 5.91 Å². The van der Waals surface area contributed by atoms with Gasteiger partial charge in [0.1, 0.15) is 0 Å². The molecular weight excluding hydrogens is 516 g/mol. The van der Waals surface area contributed by atoms with Crippen LogP contribution in [0.2, 0.25) is 0 Å². The number of likely N-dealkylation sites (tertiary alicyclic amines) is 1. The smallest absolute Gasteiger partial charge is 0.417 e. The van der Waals surface area contributed by atoms with Crippen LogP contribution in [0.1, 0.15) is 36.8 Å². The number of hydrogen-bond donors (Lipinski definition) is 4. The summed E-state index contributed by atoms with van der Waals surface area (Å²) in [6.07, 6.45) is 2.69. The molecule has 40 heavy (non-hydrogen) atoms. The van der Waals surface area contributed by atoms with E-state index in [1.54, 1.807) is 31.3 Å². The van der Waals surface area contributed by atoms with Crippen LogP contribution in [0.15, 0.2) is 50.9 Å². The van der Waals surface area contributed by atoms with E-state index in [-0.39, 0.29) is 29.5 Å². The highest BCUT2D eigenvalue weighted by Crippen LogP contribution is 2.66. The van der Waals surface area contributed by atoms with Gasteiger partial charge in [-0.25, -0.2) is 4.79 Å². The molecule has 0 radical (unpaired) electrons. The van der Waals surface area contributed by atoms with Gasteiger partial charge in [0.15, 0.2) is 28.9 Å². The number of aromatic hydroxyl groups is 1. The van der Waals surface area contributed by atoms with E-state index in [2.05, 4.69) is 9.88 Å². The quantitative estimate of drug-likeness (QED) is 0.351. The van der Waals surface area contributed by atoms with Crippen LogP contribution in [0.5, 0.6) is 11.5 Å². The summed E-state index contributed by atoms with van der Waals surface area (Å²) in [4.78, 5) is 37.7. The summed E-state index contributed by atoms with van der Waals surface area (Å²) < 4.78 is 11.6. The number of nitrogens with zero attached hydrogens (tertiary/aromatic N) is 2. The Labute approximate surface area is 228 Å². The number of fused-ring (bicyclic) bond motifs is 1. The van der Waals surface area contributed by atoms with Crippen LogP contribution in [0.3, 0.4) is 0 Å². The van der Waals surface area contributed by atoms with Gasteiger partial charge in [-0.2, -0.15) is 5.90 Å². The van der Waals surface area contributed by atoms with Crippen molar-refractivity contribution in [1.29, 1.82) is 0 Å². The van der Waals surface area contributed by atoms with Gasteiger partial charge in [-0.05, 0) is 61.9 Å². The zero-order chi connectivity index (χ0) is 27.6. The summed E-state index contributed by atoms with van der Waals surface area (Å²) in [7, 11) is 1.61. The maximum atomic E-state index is 14.1. The number of aliphatic hydroxyl groups is 1. The first-order chi connectivity index (χ1) is 19.2. The van der Waals surface area contributed by atoms with E-state index in [0.717, 1.165) is 24.2 Å². The number of ether oxygens (including phenoxy) is 1. The highest BCUT2D eigenvalue weighted by molar-refractivity contribution is 6.06. The number of anilines is 1. The molecule has 8 rings (SSSR count). The van der Waals surface area contributed by atoms with Crippen LogP contribution in [0.25, 0.3) is 11.1 Å². The maximum absolute atomic E-state index is 14.1.